The first kappa shape index (κ1) is 18.6. The van der Waals surface area contributed by atoms with Gasteiger partial charge in [-0.05, 0) is 44.2 Å². The molecule has 0 atom stereocenters. The van der Waals surface area contributed by atoms with Crippen LogP contribution in [0.3, 0.4) is 0 Å². The Morgan fingerprint density at radius 3 is 2.37 bits per heavy atom. The molecule has 148 valence electrons. The van der Waals surface area contributed by atoms with Crippen LogP contribution in [-0.4, -0.2) is 41.5 Å². The van der Waals surface area contributed by atoms with Crippen molar-refractivity contribution < 1.29 is 18.0 Å². The molecule has 1 aliphatic carbocycles. The Balaban J connectivity index is 1.42. The van der Waals surface area contributed by atoms with Crippen molar-refractivity contribution in [2.24, 2.45) is 5.41 Å². The molecule has 7 heteroatoms. The highest BCUT2D eigenvalue weighted by Crippen LogP contribution is 2.44. The van der Waals surface area contributed by atoms with Crippen molar-refractivity contribution in [1.29, 1.82) is 0 Å². The molecule has 3 fully saturated rings. The summed E-state index contributed by atoms with van der Waals surface area (Å²) in [5.74, 6) is 0.639. The number of carbonyl (C=O) groups is 1. The van der Waals surface area contributed by atoms with E-state index in [1.807, 2.05) is 4.90 Å². The minimum Gasteiger partial charge on any atom is -0.357 e. The number of pyridine rings is 1. The molecule has 27 heavy (non-hydrogen) atoms. The van der Waals surface area contributed by atoms with E-state index in [2.05, 4.69) is 9.88 Å². The summed E-state index contributed by atoms with van der Waals surface area (Å²) in [6, 6.07) is 2.51. The zero-order chi connectivity index (χ0) is 19.1. The van der Waals surface area contributed by atoms with Crippen LogP contribution in [0.4, 0.5) is 19.0 Å². The van der Waals surface area contributed by atoms with E-state index in [9.17, 15) is 18.0 Å². The Kier molecular flexibility index (Phi) is 4.80. The maximum Gasteiger partial charge on any atom is 0.416 e. The number of anilines is 1. The number of hydrogen-bond acceptors (Lipinski definition) is 3. The summed E-state index contributed by atoms with van der Waals surface area (Å²) in [4.78, 5) is 21.3. The molecular formula is C20H26F3N3O. The van der Waals surface area contributed by atoms with E-state index in [4.69, 9.17) is 0 Å². The summed E-state index contributed by atoms with van der Waals surface area (Å²) in [5, 5.41) is 0. The third-order valence-corrected chi connectivity index (χ3v) is 6.68. The minimum atomic E-state index is -4.36. The maximum atomic E-state index is 13.2. The van der Waals surface area contributed by atoms with E-state index in [0.29, 0.717) is 37.8 Å². The van der Waals surface area contributed by atoms with Gasteiger partial charge in [0, 0.05) is 31.9 Å². The lowest BCUT2D eigenvalue weighted by Gasteiger charge is -2.39. The second-order valence-corrected chi connectivity index (χ2v) is 8.21. The van der Waals surface area contributed by atoms with Crippen LogP contribution < -0.4 is 4.90 Å². The lowest BCUT2D eigenvalue weighted by Crippen LogP contribution is -2.47. The number of halogens is 3. The first-order valence-electron chi connectivity index (χ1n) is 9.98. The zero-order valence-corrected chi connectivity index (χ0v) is 15.5. The molecule has 0 N–H and O–H groups in total. The second-order valence-electron chi connectivity index (χ2n) is 8.21. The van der Waals surface area contributed by atoms with E-state index < -0.39 is 11.7 Å². The van der Waals surface area contributed by atoms with Crippen LogP contribution in [0.1, 0.15) is 56.9 Å². The number of carbonyl (C=O) groups excluding carboxylic acids is 1. The fourth-order valence-electron chi connectivity index (χ4n) is 4.98. The van der Waals surface area contributed by atoms with Gasteiger partial charge in [-0.3, -0.25) is 4.79 Å². The zero-order valence-electron chi connectivity index (χ0n) is 15.5. The molecule has 3 aliphatic rings. The van der Waals surface area contributed by atoms with Gasteiger partial charge in [-0.15, -0.1) is 0 Å². The van der Waals surface area contributed by atoms with Gasteiger partial charge in [-0.1, -0.05) is 19.3 Å². The average molecular weight is 381 g/mol. The van der Waals surface area contributed by atoms with E-state index in [0.717, 1.165) is 37.9 Å². The number of hydrogen-bond donors (Lipinski definition) is 0. The molecule has 1 amide bonds. The molecule has 1 spiro atoms. The maximum absolute atomic E-state index is 13.2. The van der Waals surface area contributed by atoms with Gasteiger partial charge in [0.25, 0.3) is 0 Å². The topological polar surface area (TPSA) is 36.4 Å². The van der Waals surface area contributed by atoms with Gasteiger partial charge in [-0.2, -0.15) is 13.2 Å². The molecule has 0 radical (unpaired) electrons. The highest BCUT2D eigenvalue weighted by atomic mass is 19.4. The molecular weight excluding hydrogens is 355 g/mol. The molecule has 4 rings (SSSR count). The van der Waals surface area contributed by atoms with Crippen molar-refractivity contribution in [3.63, 3.8) is 0 Å². The smallest absolute Gasteiger partial charge is 0.357 e. The average Bonchev–Trinajstić information content (AvgIpc) is 2.99. The molecule has 1 aromatic heterocycles. The van der Waals surface area contributed by atoms with Gasteiger partial charge in [0.05, 0.1) is 11.0 Å². The number of alkyl halides is 3. The Bertz CT molecular complexity index is 692. The Labute approximate surface area is 157 Å². The number of amides is 1. The van der Waals surface area contributed by atoms with Gasteiger partial charge in [0.2, 0.25) is 5.91 Å². The number of nitrogens with zero attached hydrogens (tertiary/aromatic N) is 3. The lowest BCUT2D eigenvalue weighted by molar-refractivity contribution is -0.139. The first-order chi connectivity index (χ1) is 12.9. The second kappa shape index (κ2) is 6.99. The van der Waals surface area contributed by atoms with Crippen molar-refractivity contribution in [2.45, 2.75) is 63.6 Å². The van der Waals surface area contributed by atoms with Crippen molar-refractivity contribution >= 4 is 11.7 Å². The quantitative estimate of drug-likeness (QED) is 0.768. The molecule has 0 aromatic carbocycles. The lowest BCUT2D eigenvalue weighted by atomic mass is 9.77. The van der Waals surface area contributed by atoms with Crippen LogP contribution >= 0.6 is 0 Å². The van der Waals surface area contributed by atoms with Gasteiger partial charge < -0.3 is 9.80 Å². The minimum absolute atomic E-state index is 0.283. The van der Waals surface area contributed by atoms with E-state index in [1.165, 1.54) is 25.5 Å². The van der Waals surface area contributed by atoms with Crippen LogP contribution in [0.2, 0.25) is 0 Å². The van der Waals surface area contributed by atoms with Crippen molar-refractivity contribution in [3.05, 3.63) is 23.9 Å². The van der Waals surface area contributed by atoms with Gasteiger partial charge >= 0.3 is 6.18 Å². The summed E-state index contributed by atoms with van der Waals surface area (Å²) in [5.41, 5.74) is -0.983. The number of rotatable bonds is 2. The number of likely N-dealkylation sites (tertiary alicyclic amines) is 1. The Morgan fingerprint density at radius 2 is 1.70 bits per heavy atom. The largest absolute Gasteiger partial charge is 0.416 e. The highest BCUT2D eigenvalue weighted by molar-refractivity contribution is 5.85. The fraction of sp³-hybridized carbons (Fsp3) is 0.700. The molecule has 0 unspecified atom stereocenters. The normalized spacial score (nSPS) is 24.0. The molecule has 1 aromatic rings. The molecule has 0 bridgehead atoms. The fourth-order valence-corrected chi connectivity index (χ4v) is 4.98. The molecule has 1 saturated carbocycles. The molecule has 3 heterocycles. The SMILES string of the molecule is O=C1N(C2CCCCC2)CCC12CCN(c1cc(C(F)(F)F)ccn1)CC2. The van der Waals surface area contributed by atoms with Crippen molar-refractivity contribution in [3.8, 4) is 0 Å². The molecule has 4 nitrogen and oxygen atoms in total. The molecule has 2 aliphatic heterocycles. The van der Waals surface area contributed by atoms with Crippen LogP contribution in [0.25, 0.3) is 0 Å². The van der Waals surface area contributed by atoms with E-state index in [-0.39, 0.29) is 11.3 Å². The monoisotopic (exact) mass is 381 g/mol. The third kappa shape index (κ3) is 3.52. The van der Waals surface area contributed by atoms with Crippen LogP contribution in [0.5, 0.6) is 0 Å². The third-order valence-electron chi connectivity index (χ3n) is 6.68. The van der Waals surface area contributed by atoms with E-state index >= 15 is 0 Å². The summed E-state index contributed by atoms with van der Waals surface area (Å²) in [6.07, 6.45) is 5.04. The number of piperidine rings is 1. The first-order valence-corrected chi connectivity index (χ1v) is 9.98. The van der Waals surface area contributed by atoms with Crippen molar-refractivity contribution in [2.75, 3.05) is 24.5 Å². The molecule has 2 saturated heterocycles. The van der Waals surface area contributed by atoms with Crippen LogP contribution in [0.15, 0.2) is 18.3 Å². The van der Waals surface area contributed by atoms with Gasteiger partial charge in [0.15, 0.2) is 0 Å². The van der Waals surface area contributed by atoms with Gasteiger partial charge in [0.1, 0.15) is 5.82 Å². The predicted molar refractivity (Wildman–Crippen MR) is 96.3 cm³/mol. The van der Waals surface area contributed by atoms with Gasteiger partial charge in [-0.25, -0.2) is 4.98 Å². The Morgan fingerprint density at radius 1 is 1.04 bits per heavy atom. The summed E-state index contributed by atoms with van der Waals surface area (Å²) in [6.45, 7) is 2.00. The van der Waals surface area contributed by atoms with Crippen LogP contribution in [-0.2, 0) is 11.0 Å². The van der Waals surface area contributed by atoms with Crippen LogP contribution in [0, 0.1) is 5.41 Å². The summed E-state index contributed by atoms with van der Waals surface area (Å²) in [7, 11) is 0. The highest BCUT2D eigenvalue weighted by Gasteiger charge is 2.49. The Hall–Kier alpha value is -1.79. The number of aromatic nitrogens is 1. The summed E-state index contributed by atoms with van der Waals surface area (Å²) >= 11 is 0. The summed E-state index contributed by atoms with van der Waals surface area (Å²) < 4.78 is 38.9. The van der Waals surface area contributed by atoms with Crippen molar-refractivity contribution in [1.82, 2.24) is 9.88 Å². The predicted octanol–water partition coefficient (Wildman–Crippen LogP) is 4.25. The van der Waals surface area contributed by atoms with E-state index in [1.54, 1.807) is 0 Å². The standard InChI is InChI=1S/C20H26F3N3O/c21-20(22,23)15-6-10-24-17(14-15)25-11-7-19(8-12-25)9-13-26(18(19)27)16-4-2-1-3-5-16/h6,10,14,16H,1-5,7-9,11-13H2.